The molecule has 0 radical (unpaired) electrons. The second-order valence-electron chi connectivity index (χ2n) is 8.68. The van der Waals surface area contributed by atoms with E-state index in [0.29, 0.717) is 53.6 Å². The van der Waals surface area contributed by atoms with Crippen molar-refractivity contribution in [1.29, 1.82) is 0 Å². The Morgan fingerprint density at radius 3 is 2.65 bits per heavy atom. The van der Waals surface area contributed by atoms with Crippen LogP contribution in [0.5, 0.6) is 11.5 Å². The van der Waals surface area contributed by atoms with Gasteiger partial charge in [0.1, 0.15) is 5.60 Å². The van der Waals surface area contributed by atoms with Crippen LogP contribution in [0.25, 0.3) is 0 Å². The third-order valence-corrected chi connectivity index (χ3v) is 6.37. The fraction of sp³-hybridized carbons (Fsp3) is 0.619. The molecule has 31 heavy (non-hydrogen) atoms. The number of nitrogens with one attached hydrogen (secondary N) is 1. The van der Waals surface area contributed by atoms with Crippen molar-refractivity contribution >= 4 is 39.5 Å². The van der Waals surface area contributed by atoms with E-state index in [4.69, 9.17) is 25.8 Å². The Labute approximate surface area is 195 Å². The van der Waals surface area contributed by atoms with Gasteiger partial charge in [-0.25, -0.2) is 4.79 Å². The highest BCUT2D eigenvalue weighted by Crippen LogP contribution is 2.44. The third kappa shape index (κ3) is 5.96. The lowest BCUT2D eigenvalue weighted by atomic mass is 9.94. The Morgan fingerprint density at radius 1 is 1.32 bits per heavy atom. The molecular formula is C21H28BrClN2O6. The Hall–Kier alpha value is -1.71. The topological polar surface area (TPSA) is 97.3 Å². The first-order valence-electron chi connectivity index (χ1n) is 10.3. The Balaban J connectivity index is 1.62. The van der Waals surface area contributed by atoms with E-state index in [9.17, 15) is 14.7 Å². The summed E-state index contributed by atoms with van der Waals surface area (Å²) in [5, 5.41) is 13.7. The number of hydrogen-bond donors (Lipinski definition) is 2. The lowest BCUT2D eigenvalue weighted by Crippen LogP contribution is -2.50. The number of aliphatic hydroxyl groups excluding tert-OH is 1. The molecular weight excluding hydrogens is 492 g/mol. The van der Waals surface area contributed by atoms with Crippen LogP contribution >= 0.6 is 27.5 Å². The van der Waals surface area contributed by atoms with Crippen LogP contribution < -0.4 is 14.8 Å². The van der Waals surface area contributed by atoms with Crippen LogP contribution in [0.1, 0.15) is 44.0 Å². The van der Waals surface area contributed by atoms with Crippen molar-refractivity contribution in [2.75, 3.05) is 32.8 Å². The van der Waals surface area contributed by atoms with Crippen molar-refractivity contribution in [2.24, 2.45) is 5.92 Å². The fourth-order valence-electron chi connectivity index (χ4n) is 3.46. The Morgan fingerprint density at radius 2 is 2.00 bits per heavy atom. The number of β-amino-alcohol motifs (C(OH)–C–C–N with tert-alkyl or cyclic N) is 1. The predicted octanol–water partition coefficient (Wildman–Crippen LogP) is 3.61. The zero-order valence-corrected chi connectivity index (χ0v) is 20.2. The SMILES string of the molecule is CC(C)(C)OC(=O)N1CC[C@@H](CNC(=O)c2cc(Cl)c(Br)c3c2OCCCO3)C(O)C1. The summed E-state index contributed by atoms with van der Waals surface area (Å²) in [5.74, 6) is 0.217. The number of halogens is 2. The molecule has 2 aliphatic rings. The molecule has 10 heteroatoms. The number of benzene rings is 1. The highest BCUT2D eigenvalue weighted by molar-refractivity contribution is 9.10. The van der Waals surface area contributed by atoms with Crippen LogP contribution in [-0.4, -0.2) is 66.6 Å². The van der Waals surface area contributed by atoms with Crippen molar-refractivity contribution in [3.8, 4) is 11.5 Å². The van der Waals surface area contributed by atoms with Gasteiger partial charge in [-0.2, -0.15) is 0 Å². The molecule has 0 saturated carbocycles. The molecule has 2 amide bonds. The third-order valence-electron chi connectivity index (χ3n) is 5.05. The number of fused-ring (bicyclic) bond motifs is 1. The first-order valence-corrected chi connectivity index (χ1v) is 11.5. The lowest BCUT2D eigenvalue weighted by molar-refractivity contribution is -0.0122. The van der Waals surface area contributed by atoms with Crippen LogP contribution in [0, 0.1) is 5.92 Å². The van der Waals surface area contributed by atoms with Gasteiger partial charge in [-0.1, -0.05) is 11.6 Å². The highest BCUT2D eigenvalue weighted by atomic mass is 79.9. The molecule has 172 valence electrons. The largest absolute Gasteiger partial charge is 0.489 e. The minimum absolute atomic E-state index is 0.159. The molecule has 2 N–H and O–H groups in total. The van der Waals surface area contributed by atoms with Crippen molar-refractivity contribution < 1.29 is 28.9 Å². The minimum Gasteiger partial charge on any atom is -0.489 e. The number of ether oxygens (including phenoxy) is 3. The van der Waals surface area contributed by atoms with E-state index in [2.05, 4.69) is 21.2 Å². The molecule has 1 fully saturated rings. The van der Waals surface area contributed by atoms with E-state index in [-0.39, 0.29) is 30.5 Å². The number of hydrogen-bond acceptors (Lipinski definition) is 6. The standard InChI is InChI=1S/C21H28BrClN2O6/c1-21(2,3)31-20(28)25-6-5-12(15(26)11-25)10-24-19(27)13-9-14(23)16(22)18-17(13)29-7-4-8-30-18/h9,12,15,26H,4-8,10-11H2,1-3H3,(H,24,27)/t12-,15?/m0/s1. The van der Waals surface area contributed by atoms with Gasteiger partial charge in [0.25, 0.3) is 5.91 Å². The van der Waals surface area contributed by atoms with Gasteiger partial charge in [-0.3, -0.25) is 4.79 Å². The summed E-state index contributed by atoms with van der Waals surface area (Å²) in [6.45, 7) is 7.16. The average Bonchev–Trinajstić information content (AvgIpc) is 2.94. The zero-order chi connectivity index (χ0) is 22.8. The molecule has 0 aromatic heterocycles. The summed E-state index contributed by atoms with van der Waals surface area (Å²) in [6.07, 6.45) is 0.0204. The lowest BCUT2D eigenvalue weighted by Gasteiger charge is -2.36. The van der Waals surface area contributed by atoms with E-state index in [1.54, 1.807) is 20.8 Å². The summed E-state index contributed by atoms with van der Waals surface area (Å²) < 4.78 is 17.4. The molecule has 0 spiro atoms. The first kappa shape index (κ1) is 23.9. The first-order chi connectivity index (χ1) is 14.6. The number of aliphatic hydroxyl groups is 1. The van der Waals surface area contributed by atoms with E-state index in [1.807, 2.05) is 0 Å². The maximum atomic E-state index is 12.9. The summed E-state index contributed by atoms with van der Waals surface area (Å²) in [5.41, 5.74) is -0.311. The normalized spacial score (nSPS) is 21.3. The predicted molar refractivity (Wildman–Crippen MR) is 119 cm³/mol. The molecule has 2 heterocycles. The molecule has 2 aliphatic heterocycles. The van der Waals surface area contributed by atoms with Crippen molar-refractivity contribution in [3.05, 3.63) is 21.1 Å². The molecule has 1 unspecified atom stereocenters. The fourth-order valence-corrected chi connectivity index (χ4v) is 4.07. The number of likely N-dealkylation sites (tertiary alicyclic amines) is 1. The minimum atomic E-state index is -0.772. The van der Waals surface area contributed by atoms with Crippen LogP contribution in [0.3, 0.4) is 0 Å². The maximum absolute atomic E-state index is 12.9. The van der Waals surface area contributed by atoms with E-state index >= 15 is 0 Å². The Bertz CT molecular complexity index is 844. The van der Waals surface area contributed by atoms with Gasteiger partial charge in [-0.15, -0.1) is 0 Å². The molecule has 3 rings (SSSR count). The van der Waals surface area contributed by atoms with Crippen LogP contribution in [0.2, 0.25) is 5.02 Å². The number of rotatable bonds is 3. The molecule has 1 saturated heterocycles. The van der Waals surface area contributed by atoms with Gasteiger partial charge in [0.15, 0.2) is 11.5 Å². The quantitative estimate of drug-likeness (QED) is 0.633. The number of carbonyl (C=O) groups is 2. The van der Waals surface area contributed by atoms with Gasteiger partial charge < -0.3 is 29.5 Å². The van der Waals surface area contributed by atoms with E-state index in [0.717, 1.165) is 0 Å². The van der Waals surface area contributed by atoms with Gasteiger partial charge in [0, 0.05) is 25.4 Å². The molecule has 1 aromatic carbocycles. The molecule has 1 aromatic rings. The van der Waals surface area contributed by atoms with Crippen molar-refractivity contribution in [2.45, 2.75) is 45.3 Å². The maximum Gasteiger partial charge on any atom is 0.410 e. The summed E-state index contributed by atoms with van der Waals surface area (Å²) >= 11 is 9.64. The van der Waals surface area contributed by atoms with E-state index in [1.165, 1.54) is 11.0 Å². The Kier molecular flexibility index (Phi) is 7.59. The van der Waals surface area contributed by atoms with Gasteiger partial charge in [-0.05, 0) is 49.2 Å². The number of carbonyl (C=O) groups excluding carboxylic acids is 2. The molecule has 2 atom stereocenters. The number of piperidine rings is 1. The summed E-state index contributed by atoms with van der Waals surface area (Å²) in [7, 11) is 0. The van der Waals surface area contributed by atoms with E-state index < -0.39 is 17.8 Å². The zero-order valence-electron chi connectivity index (χ0n) is 17.9. The van der Waals surface area contributed by atoms with Crippen LogP contribution in [-0.2, 0) is 4.74 Å². The van der Waals surface area contributed by atoms with Crippen molar-refractivity contribution in [3.63, 3.8) is 0 Å². The number of amides is 2. The van der Waals surface area contributed by atoms with Crippen LogP contribution in [0.4, 0.5) is 4.79 Å². The average molecular weight is 520 g/mol. The second-order valence-corrected chi connectivity index (χ2v) is 9.88. The molecule has 0 aliphatic carbocycles. The summed E-state index contributed by atoms with van der Waals surface area (Å²) in [6, 6.07) is 1.54. The van der Waals surface area contributed by atoms with Crippen LogP contribution in [0.15, 0.2) is 10.5 Å². The smallest absolute Gasteiger partial charge is 0.410 e. The molecule has 0 bridgehead atoms. The second kappa shape index (κ2) is 9.83. The van der Waals surface area contributed by atoms with Crippen molar-refractivity contribution in [1.82, 2.24) is 10.2 Å². The van der Waals surface area contributed by atoms with Gasteiger partial charge in [0.2, 0.25) is 0 Å². The van der Waals surface area contributed by atoms with Gasteiger partial charge in [0.05, 0.1) is 40.9 Å². The van der Waals surface area contributed by atoms with Gasteiger partial charge >= 0.3 is 6.09 Å². The number of nitrogens with zero attached hydrogens (tertiary/aromatic N) is 1. The monoisotopic (exact) mass is 518 g/mol. The molecule has 8 nitrogen and oxygen atoms in total. The summed E-state index contributed by atoms with van der Waals surface area (Å²) in [4.78, 5) is 26.6. The highest BCUT2D eigenvalue weighted by Gasteiger charge is 2.33.